The molecule has 3 aromatic rings. The van der Waals surface area contributed by atoms with Crippen LogP contribution in [-0.2, 0) is 0 Å². The minimum absolute atomic E-state index is 0.110. The molecule has 0 atom stereocenters. The highest BCUT2D eigenvalue weighted by molar-refractivity contribution is 7.22. The third-order valence-electron chi connectivity index (χ3n) is 3.71. The van der Waals surface area contributed by atoms with Gasteiger partial charge in [-0.2, -0.15) is 0 Å². The second-order valence-electron chi connectivity index (χ2n) is 6.07. The molecule has 1 N–H and O–H groups in total. The summed E-state index contributed by atoms with van der Waals surface area (Å²) < 4.78 is 6.67. The normalized spacial score (nSPS) is 11.0. The quantitative estimate of drug-likeness (QED) is 0.731. The molecule has 0 fully saturated rings. The van der Waals surface area contributed by atoms with E-state index in [1.165, 1.54) is 22.5 Å². The van der Waals surface area contributed by atoms with Gasteiger partial charge in [0.15, 0.2) is 5.13 Å². The Balaban J connectivity index is 1.76. The summed E-state index contributed by atoms with van der Waals surface area (Å²) in [6, 6.07) is 11.3. The number of carbonyl (C=O) groups excluding carboxylic acids is 1. The van der Waals surface area contributed by atoms with E-state index in [1.54, 1.807) is 24.3 Å². The van der Waals surface area contributed by atoms with Crippen LogP contribution in [0.15, 0.2) is 36.4 Å². The molecule has 0 aliphatic rings. The summed E-state index contributed by atoms with van der Waals surface area (Å²) >= 11 is 1.49. The first-order valence-corrected chi connectivity index (χ1v) is 8.70. The molecular formula is C19H20N2O2S. The fraction of sp³-hybridized carbons (Fsp3) is 0.263. The number of nitrogens with zero attached hydrogens (tertiary/aromatic N) is 1. The van der Waals surface area contributed by atoms with Crippen LogP contribution in [0.3, 0.4) is 0 Å². The van der Waals surface area contributed by atoms with Crippen molar-refractivity contribution in [3.63, 3.8) is 0 Å². The van der Waals surface area contributed by atoms with Crippen LogP contribution in [0.2, 0.25) is 0 Å². The lowest BCUT2D eigenvalue weighted by Crippen LogP contribution is -2.12. The van der Waals surface area contributed by atoms with Crippen molar-refractivity contribution in [1.82, 2.24) is 4.98 Å². The summed E-state index contributed by atoms with van der Waals surface area (Å²) in [6.07, 6.45) is 0.110. The van der Waals surface area contributed by atoms with Gasteiger partial charge in [-0.05, 0) is 75.2 Å². The number of amides is 1. The van der Waals surface area contributed by atoms with Crippen LogP contribution in [0.1, 0.15) is 35.3 Å². The van der Waals surface area contributed by atoms with Gasteiger partial charge < -0.3 is 4.74 Å². The highest BCUT2D eigenvalue weighted by Crippen LogP contribution is 2.28. The van der Waals surface area contributed by atoms with Crippen molar-refractivity contribution < 1.29 is 9.53 Å². The molecule has 1 heterocycles. The van der Waals surface area contributed by atoms with E-state index in [1.807, 2.05) is 13.8 Å². The average Bonchev–Trinajstić information content (AvgIpc) is 2.89. The molecule has 124 valence electrons. The molecule has 0 saturated carbocycles. The molecule has 0 aliphatic carbocycles. The lowest BCUT2D eigenvalue weighted by molar-refractivity contribution is 0.102. The predicted molar refractivity (Wildman–Crippen MR) is 99.3 cm³/mol. The maximum atomic E-state index is 12.4. The lowest BCUT2D eigenvalue weighted by Gasteiger charge is -2.09. The Morgan fingerprint density at radius 3 is 2.46 bits per heavy atom. The Kier molecular flexibility index (Phi) is 4.53. The minimum atomic E-state index is -0.168. The molecule has 0 bridgehead atoms. The maximum absolute atomic E-state index is 12.4. The largest absolute Gasteiger partial charge is 0.491 e. The van der Waals surface area contributed by atoms with Gasteiger partial charge in [0.1, 0.15) is 5.75 Å². The number of fused-ring (bicyclic) bond motifs is 1. The monoisotopic (exact) mass is 340 g/mol. The van der Waals surface area contributed by atoms with Gasteiger partial charge in [-0.1, -0.05) is 11.3 Å². The number of hydrogen-bond acceptors (Lipinski definition) is 4. The van der Waals surface area contributed by atoms with Crippen molar-refractivity contribution >= 4 is 32.6 Å². The Bertz CT molecular complexity index is 843. The lowest BCUT2D eigenvalue weighted by atomic mass is 10.1. The highest BCUT2D eigenvalue weighted by atomic mass is 32.1. The van der Waals surface area contributed by atoms with Crippen LogP contribution >= 0.6 is 11.3 Å². The topological polar surface area (TPSA) is 51.2 Å². The summed E-state index contributed by atoms with van der Waals surface area (Å²) in [5, 5.41) is 3.49. The smallest absolute Gasteiger partial charge is 0.257 e. The standard InChI is InChI=1S/C19H20N2O2S/c1-11(2)23-15-7-5-14(6-8-15)18(22)21-19-20-16-9-12(3)13(4)10-17(16)24-19/h5-11H,1-4H3,(H,20,21,22). The SMILES string of the molecule is Cc1cc2nc(NC(=O)c3ccc(OC(C)C)cc3)sc2cc1C. The molecule has 24 heavy (non-hydrogen) atoms. The van der Waals surface area contributed by atoms with Gasteiger partial charge in [-0.3, -0.25) is 10.1 Å². The summed E-state index contributed by atoms with van der Waals surface area (Å²) in [6.45, 7) is 8.08. The summed E-state index contributed by atoms with van der Waals surface area (Å²) in [7, 11) is 0. The molecule has 1 amide bonds. The number of thiazole rings is 1. The van der Waals surface area contributed by atoms with Gasteiger partial charge in [0.25, 0.3) is 5.91 Å². The first kappa shape index (κ1) is 16.5. The van der Waals surface area contributed by atoms with Gasteiger partial charge in [-0.15, -0.1) is 0 Å². The zero-order chi connectivity index (χ0) is 17.3. The number of anilines is 1. The van der Waals surface area contributed by atoms with E-state index >= 15 is 0 Å². The number of nitrogens with one attached hydrogen (secondary N) is 1. The number of carbonyl (C=O) groups is 1. The van der Waals surface area contributed by atoms with Crippen molar-refractivity contribution in [2.75, 3.05) is 5.32 Å². The summed E-state index contributed by atoms with van der Waals surface area (Å²) in [5.41, 5.74) is 3.92. The van der Waals surface area contributed by atoms with E-state index in [-0.39, 0.29) is 12.0 Å². The number of benzene rings is 2. The van der Waals surface area contributed by atoms with Gasteiger partial charge in [0.05, 0.1) is 16.3 Å². The van der Waals surface area contributed by atoms with Gasteiger partial charge in [0, 0.05) is 5.56 Å². The van der Waals surface area contributed by atoms with E-state index in [9.17, 15) is 4.79 Å². The molecule has 2 aromatic carbocycles. The van der Waals surface area contributed by atoms with Crippen LogP contribution in [0.25, 0.3) is 10.2 Å². The molecule has 0 unspecified atom stereocenters. The molecule has 4 nitrogen and oxygen atoms in total. The first-order valence-electron chi connectivity index (χ1n) is 7.88. The third kappa shape index (κ3) is 3.57. The van der Waals surface area contributed by atoms with Gasteiger partial charge >= 0.3 is 0 Å². The Morgan fingerprint density at radius 1 is 1.12 bits per heavy atom. The Morgan fingerprint density at radius 2 is 1.79 bits per heavy atom. The van der Waals surface area contributed by atoms with Gasteiger partial charge in [-0.25, -0.2) is 4.98 Å². The Hall–Kier alpha value is -2.40. The minimum Gasteiger partial charge on any atom is -0.491 e. The maximum Gasteiger partial charge on any atom is 0.257 e. The van der Waals surface area contributed by atoms with Crippen LogP contribution in [-0.4, -0.2) is 17.0 Å². The first-order chi connectivity index (χ1) is 11.4. The third-order valence-corrected chi connectivity index (χ3v) is 4.65. The average molecular weight is 340 g/mol. The molecule has 5 heteroatoms. The fourth-order valence-electron chi connectivity index (χ4n) is 2.36. The Labute approximate surface area is 145 Å². The fourth-order valence-corrected chi connectivity index (χ4v) is 3.30. The van der Waals surface area contributed by atoms with Crippen molar-refractivity contribution in [3.05, 3.63) is 53.1 Å². The van der Waals surface area contributed by atoms with Crippen LogP contribution in [0.4, 0.5) is 5.13 Å². The molecule has 0 saturated heterocycles. The van der Waals surface area contributed by atoms with E-state index in [2.05, 4.69) is 36.3 Å². The van der Waals surface area contributed by atoms with Crippen molar-refractivity contribution in [2.45, 2.75) is 33.8 Å². The van der Waals surface area contributed by atoms with Gasteiger partial charge in [0.2, 0.25) is 0 Å². The highest BCUT2D eigenvalue weighted by Gasteiger charge is 2.11. The van der Waals surface area contributed by atoms with Crippen molar-refractivity contribution in [2.24, 2.45) is 0 Å². The molecule has 0 aliphatic heterocycles. The van der Waals surface area contributed by atoms with E-state index in [0.717, 1.165) is 16.0 Å². The molecular weight excluding hydrogens is 320 g/mol. The van der Waals surface area contributed by atoms with Crippen molar-refractivity contribution in [1.29, 1.82) is 0 Å². The number of aromatic nitrogens is 1. The number of rotatable bonds is 4. The second kappa shape index (κ2) is 6.61. The predicted octanol–water partition coefficient (Wildman–Crippen LogP) is 4.95. The van der Waals surface area contributed by atoms with Crippen LogP contribution in [0.5, 0.6) is 5.75 Å². The molecule has 0 radical (unpaired) electrons. The zero-order valence-corrected chi connectivity index (χ0v) is 15.0. The number of aryl methyl sites for hydroxylation is 2. The van der Waals surface area contributed by atoms with Crippen molar-refractivity contribution in [3.8, 4) is 5.75 Å². The molecule has 1 aromatic heterocycles. The van der Waals surface area contributed by atoms with Crippen LogP contribution < -0.4 is 10.1 Å². The second-order valence-corrected chi connectivity index (χ2v) is 7.10. The van der Waals surface area contributed by atoms with E-state index in [4.69, 9.17) is 4.74 Å². The number of hydrogen-bond donors (Lipinski definition) is 1. The number of ether oxygens (including phenoxy) is 1. The molecule has 0 spiro atoms. The molecule has 3 rings (SSSR count). The zero-order valence-electron chi connectivity index (χ0n) is 14.2. The summed E-state index contributed by atoms with van der Waals surface area (Å²) in [4.78, 5) is 16.9. The summed E-state index contributed by atoms with van der Waals surface area (Å²) in [5.74, 6) is 0.589. The van der Waals surface area contributed by atoms with E-state index in [0.29, 0.717) is 10.7 Å². The van der Waals surface area contributed by atoms with E-state index < -0.39 is 0 Å². The van der Waals surface area contributed by atoms with Crippen LogP contribution in [0, 0.1) is 13.8 Å².